The molecule has 0 bridgehead atoms. The van der Waals surface area contributed by atoms with Gasteiger partial charge in [-0.25, -0.2) is 0 Å². The topological polar surface area (TPSA) is 9.23 Å². The van der Waals surface area contributed by atoms with E-state index < -0.39 is 0 Å². The molecule has 1 aliphatic heterocycles. The number of benzene rings is 2. The van der Waals surface area contributed by atoms with Crippen LogP contribution < -0.4 is 4.74 Å². The second-order valence-corrected chi connectivity index (χ2v) is 5.28. The van der Waals surface area contributed by atoms with Gasteiger partial charge in [0, 0.05) is 9.79 Å². The van der Waals surface area contributed by atoms with Crippen LogP contribution in [0.3, 0.4) is 0 Å². The third-order valence-electron chi connectivity index (χ3n) is 2.87. The first-order valence-corrected chi connectivity index (χ1v) is 6.72. The van der Waals surface area contributed by atoms with Gasteiger partial charge in [-0.2, -0.15) is 0 Å². The summed E-state index contributed by atoms with van der Waals surface area (Å²) in [6.45, 7) is 0.854. The largest absolute Gasteiger partial charge is 0.493 e. The average molecular weight is 242 g/mol. The van der Waals surface area contributed by atoms with Gasteiger partial charge in [-0.3, -0.25) is 0 Å². The molecule has 2 aromatic carbocycles. The number of fused-ring (bicyclic) bond motifs is 1. The Morgan fingerprint density at radius 1 is 0.941 bits per heavy atom. The Labute approximate surface area is 106 Å². The number of ether oxygens (including phenoxy) is 1. The zero-order valence-corrected chi connectivity index (χ0v) is 10.4. The van der Waals surface area contributed by atoms with E-state index in [4.69, 9.17) is 4.74 Å². The minimum Gasteiger partial charge on any atom is -0.493 e. The highest BCUT2D eigenvalue weighted by molar-refractivity contribution is 7.99. The van der Waals surface area contributed by atoms with Crippen LogP contribution in [0.25, 0.3) is 0 Å². The van der Waals surface area contributed by atoms with E-state index in [0.717, 1.165) is 25.2 Å². The van der Waals surface area contributed by atoms with Gasteiger partial charge in [0.2, 0.25) is 0 Å². The molecule has 0 radical (unpaired) electrons. The molecular formula is C15H14OS. The fraction of sp³-hybridized carbons (Fsp3) is 0.200. The first kappa shape index (κ1) is 10.7. The Bertz CT molecular complexity index is 508. The molecule has 1 aliphatic rings. The van der Waals surface area contributed by atoms with Crippen LogP contribution >= 0.6 is 11.8 Å². The summed E-state index contributed by atoms with van der Waals surface area (Å²) in [4.78, 5) is 2.51. The zero-order valence-electron chi connectivity index (χ0n) is 9.56. The Morgan fingerprint density at radius 2 is 1.82 bits per heavy atom. The molecule has 0 N–H and O–H groups in total. The van der Waals surface area contributed by atoms with Crippen molar-refractivity contribution < 1.29 is 4.74 Å². The van der Waals surface area contributed by atoms with E-state index >= 15 is 0 Å². The zero-order chi connectivity index (χ0) is 11.5. The van der Waals surface area contributed by atoms with Crippen LogP contribution in [0.2, 0.25) is 0 Å². The summed E-state index contributed by atoms with van der Waals surface area (Å²) in [6, 6.07) is 17.0. The van der Waals surface area contributed by atoms with Crippen LogP contribution in [-0.4, -0.2) is 6.61 Å². The van der Waals surface area contributed by atoms with Gasteiger partial charge in [0.15, 0.2) is 0 Å². The average Bonchev–Trinajstić information content (AvgIpc) is 2.40. The molecule has 1 nitrogen and oxygen atoms in total. The second kappa shape index (κ2) is 4.84. The lowest BCUT2D eigenvalue weighted by Gasteiger charge is -2.17. The van der Waals surface area contributed by atoms with Crippen molar-refractivity contribution in [2.45, 2.75) is 22.6 Å². The predicted octanol–water partition coefficient (Wildman–Crippen LogP) is 4.16. The SMILES string of the molecule is c1ccc(Sc2ccc3c(c2)OCCC3)cc1. The van der Waals surface area contributed by atoms with Crippen LogP contribution in [0.1, 0.15) is 12.0 Å². The van der Waals surface area contributed by atoms with Gasteiger partial charge < -0.3 is 4.74 Å². The molecule has 0 aromatic heterocycles. The van der Waals surface area contributed by atoms with Crippen molar-refractivity contribution in [2.24, 2.45) is 0 Å². The normalized spacial score (nSPS) is 13.9. The Balaban J connectivity index is 1.84. The lowest BCUT2D eigenvalue weighted by Crippen LogP contribution is -2.07. The van der Waals surface area contributed by atoms with E-state index in [0.29, 0.717) is 0 Å². The van der Waals surface area contributed by atoms with Gasteiger partial charge in [0.05, 0.1) is 6.61 Å². The van der Waals surface area contributed by atoms with E-state index in [1.54, 1.807) is 11.8 Å². The molecule has 0 saturated heterocycles. The molecule has 2 heteroatoms. The van der Waals surface area contributed by atoms with Crippen LogP contribution in [0.5, 0.6) is 5.75 Å². The molecular weight excluding hydrogens is 228 g/mol. The summed E-state index contributed by atoms with van der Waals surface area (Å²) < 4.78 is 5.69. The molecule has 0 amide bonds. The summed E-state index contributed by atoms with van der Waals surface area (Å²) in [6.07, 6.45) is 2.28. The highest BCUT2D eigenvalue weighted by atomic mass is 32.2. The van der Waals surface area contributed by atoms with Gasteiger partial charge in [0.1, 0.15) is 5.75 Å². The molecule has 0 unspecified atom stereocenters. The third kappa shape index (κ3) is 2.47. The Hall–Kier alpha value is -1.41. The maximum atomic E-state index is 5.69. The number of rotatable bonds is 2. The highest BCUT2D eigenvalue weighted by Gasteiger charge is 2.10. The van der Waals surface area contributed by atoms with Crippen molar-refractivity contribution in [2.75, 3.05) is 6.61 Å². The van der Waals surface area contributed by atoms with E-state index in [1.807, 2.05) is 6.07 Å². The van der Waals surface area contributed by atoms with E-state index in [2.05, 4.69) is 42.5 Å². The van der Waals surface area contributed by atoms with Gasteiger partial charge in [-0.15, -0.1) is 0 Å². The quantitative estimate of drug-likeness (QED) is 0.782. The molecule has 86 valence electrons. The fourth-order valence-corrected chi connectivity index (χ4v) is 2.88. The van der Waals surface area contributed by atoms with E-state index in [9.17, 15) is 0 Å². The molecule has 0 saturated carbocycles. The predicted molar refractivity (Wildman–Crippen MR) is 70.8 cm³/mol. The van der Waals surface area contributed by atoms with Gasteiger partial charge in [0.25, 0.3) is 0 Å². The van der Waals surface area contributed by atoms with E-state index in [-0.39, 0.29) is 0 Å². The van der Waals surface area contributed by atoms with Gasteiger partial charge in [-0.1, -0.05) is 36.0 Å². The molecule has 17 heavy (non-hydrogen) atoms. The number of hydrogen-bond donors (Lipinski definition) is 0. The standard InChI is InChI=1S/C15H14OS/c1-2-6-13(7-3-1)17-14-9-8-12-5-4-10-16-15(12)11-14/h1-3,6-9,11H,4-5,10H2. The summed E-state index contributed by atoms with van der Waals surface area (Å²) in [5, 5.41) is 0. The molecule has 0 aliphatic carbocycles. The van der Waals surface area contributed by atoms with Crippen LogP contribution in [0, 0.1) is 0 Å². The van der Waals surface area contributed by atoms with Gasteiger partial charge >= 0.3 is 0 Å². The molecule has 3 rings (SSSR count). The summed E-state index contributed by atoms with van der Waals surface area (Å²) in [7, 11) is 0. The minimum atomic E-state index is 0.854. The van der Waals surface area contributed by atoms with Crippen molar-refractivity contribution in [1.29, 1.82) is 0 Å². The molecule has 0 fully saturated rings. The first-order chi connectivity index (χ1) is 8.42. The summed E-state index contributed by atoms with van der Waals surface area (Å²) in [5.41, 5.74) is 1.34. The van der Waals surface area contributed by atoms with Crippen molar-refractivity contribution in [1.82, 2.24) is 0 Å². The third-order valence-corrected chi connectivity index (χ3v) is 3.86. The van der Waals surface area contributed by atoms with Crippen molar-refractivity contribution in [3.05, 3.63) is 54.1 Å². The van der Waals surface area contributed by atoms with Crippen molar-refractivity contribution in [3.8, 4) is 5.75 Å². The molecule has 2 aromatic rings. The number of aryl methyl sites for hydroxylation is 1. The molecule has 0 spiro atoms. The Kier molecular flexibility index (Phi) is 3.06. The molecule has 0 atom stereocenters. The maximum Gasteiger partial charge on any atom is 0.123 e. The van der Waals surface area contributed by atoms with Crippen LogP contribution in [0.15, 0.2) is 58.3 Å². The maximum absolute atomic E-state index is 5.69. The lowest BCUT2D eigenvalue weighted by molar-refractivity contribution is 0.287. The summed E-state index contributed by atoms with van der Waals surface area (Å²) >= 11 is 1.78. The smallest absolute Gasteiger partial charge is 0.123 e. The molecule has 1 heterocycles. The van der Waals surface area contributed by atoms with Crippen LogP contribution in [-0.2, 0) is 6.42 Å². The minimum absolute atomic E-state index is 0.854. The summed E-state index contributed by atoms with van der Waals surface area (Å²) in [5.74, 6) is 1.07. The highest BCUT2D eigenvalue weighted by Crippen LogP contribution is 2.33. The van der Waals surface area contributed by atoms with Crippen LogP contribution in [0.4, 0.5) is 0 Å². The van der Waals surface area contributed by atoms with Crippen molar-refractivity contribution >= 4 is 11.8 Å². The Morgan fingerprint density at radius 3 is 2.71 bits per heavy atom. The lowest BCUT2D eigenvalue weighted by atomic mass is 10.1. The monoisotopic (exact) mass is 242 g/mol. The van der Waals surface area contributed by atoms with Gasteiger partial charge in [-0.05, 0) is 42.7 Å². The number of hydrogen-bond acceptors (Lipinski definition) is 2. The van der Waals surface area contributed by atoms with Crippen molar-refractivity contribution in [3.63, 3.8) is 0 Å². The second-order valence-electron chi connectivity index (χ2n) is 4.14. The fourth-order valence-electron chi connectivity index (χ4n) is 2.01. The first-order valence-electron chi connectivity index (χ1n) is 5.90. The van der Waals surface area contributed by atoms with E-state index in [1.165, 1.54) is 15.4 Å².